The van der Waals surface area contributed by atoms with E-state index in [1.54, 1.807) is 7.11 Å². The van der Waals surface area contributed by atoms with Crippen molar-refractivity contribution in [2.24, 2.45) is 5.92 Å². The number of rotatable bonds is 7. The Kier molecular flexibility index (Phi) is 6.00. The molecule has 1 atom stereocenters. The highest BCUT2D eigenvalue weighted by Crippen LogP contribution is 2.66. The van der Waals surface area contributed by atoms with E-state index in [1.165, 1.54) is 11.1 Å². The molecule has 1 aliphatic heterocycles. The normalized spacial score (nSPS) is 27.5. The molecule has 3 nitrogen and oxygen atoms in total. The second-order valence-electron chi connectivity index (χ2n) is 10.6. The lowest BCUT2D eigenvalue weighted by Gasteiger charge is -2.52. The highest BCUT2D eigenvalue weighted by atomic mass is 16.7. The number of ether oxygens (including phenoxy) is 1. The molecule has 166 valence electrons. The Bertz CT molecular complexity index is 853. The van der Waals surface area contributed by atoms with E-state index in [2.05, 4.69) is 89.2 Å². The average Bonchev–Trinajstić information content (AvgIpc) is 2.94. The van der Waals surface area contributed by atoms with E-state index in [0.29, 0.717) is 11.8 Å². The Morgan fingerprint density at radius 1 is 0.935 bits per heavy atom. The van der Waals surface area contributed by atoms with Crippen LogP contribution in [-0.2, 0) is 15.7 Å². The minimum atomic E-state index is -0.293. The highest BCUT2D eigenvalue weighted by molar-refractivity contribution is 6.50. The average molecular weight is 420 g/mol. The minimum Gasteiger partial charge on any atom is -0.497 e. The topological polar surface area (TPSA) is 27.7 Å². The number of hydrogen-bond acceptors (Lipinski definition) is 3. The molecule has 0 radical (unpaired) electrons. The third-order valence-corrected chi connectivity index (χ3v) is 8.25. The Morgan fingerprint density at radius 2 is 1.52 bits per heavy atom. The van der Waals surface area contributed by atoms with E-state index in [4.69, 9.17) is 14.0 Å². The molecule has 0 unspecified atom stereocenters. The zero-order valence-corrected chi connectivity index (χ0v) is 20.0. The first kappa shape index (κ1) is 22.4. The highest BCUT2D eigenvalue weighted by Gasteiger charge is 2.65. The van der Waals surface area contributed by atoms with Gasteiger partial charge in [0.1, 0.15) is 5.75 Å². The largest absolute Gasteiger partial charge is 0.497 e. The molecule has 31 heavy (non-hydrogen) atoms. The molecule has 0 aromatic heterocycles. The second-order valence-corrected chi connectivity index (χ2v) is 10.6. The third kappa shape index (κ3) is 4.17. The van der Waals surface area contributed by atoms with E-state index in [9.17, 15) is 0 Å². The van der Waals surface area contributed by atoms with Crippen molar-refractivity contribution in [2.75, 3.05) is 7.11 Å². The lowest BCUT2D eigenvalue weighted by atomic mass is 9.38. The molecule has 2 aliphatic rings. The number of aryl methyl sites for hydroxylation is 1. The molecule has 0 bridgehead atoms. The van der Waals surface area contributed by atoms with Crippen molar-refractivity contribution in [1.29, 1.82) is 0 Å². The Morgan fingerprint density at radius 3 is 2.06 bits per heavy atom. The summed E-state index contributed by atoms with van der Waals surface area (Å²) >= 11 is 0. The fraction of sp³-hybridized carbons (Fsp3) is 0.556. The molecule has 0 N–H and O–H groups in total. The van der Waals surface area contributed by atoms with Crippen molar-refractivity contribution in [3.63, 3.8) is 0 Å². The van der Waals surface area contributed by atoms with Crippen LogP contribution < -0.4 is 4.74 Å². The monoisotopic (exact) mass is 420 g/mol. The quantitative estimate of drug-likeness (QED) is 0.468. The smallest absolute Gasteiger partial charge is 0.464 e. The van der Waals surface area contributed by atoms with Crippen LogP contribution in [0.2, 0.25) is 5.31 Å². The van der Waals surface area contributed by atoms with Crippen LogP contribution >= 0.6 is 0 Å². The standard InChI is InChI=1S/C27H37BO3/c1-20(12-13-21-14-16-24(29-6)17-15-21)27(28-30-25(2,3)26(4,5)31-28)18-23(19-27)22-10-8-7-9-11-22/h7-11,14-17,20,23H,12-13,18-19H2,1-6H3/t20-,23?,27?/m0/s1. The van der Waals surface area contributed by atoms with Gasteiger partial charge >= 0.3 is 7.12 Å². The summed E-state index contributed by atoms with van der Waals surface area (Å²) in [5, 5.41) is 0.0536. The Hall–Kier alpha value is -1.78. The SMILES string of the molecule is COc1ccc(CC[C@H](C)C2(B3OC(C)(C)C(C)(C)O3)CC(c3ccccc3)C2)cc1. The number of benzene rings is 2. The minimum absolute atomic E-state index is 0.0536. The van der Waals surface area contributed by atoms with Crippen LogP contribution in [0.4, 0.5) is 0 Å². The first-order valence-corrected chi connectivity index (χ1v) is 11.7. The molecule has 2 fully saturated rings. The molecule has 0 amide bonds. The van der Waals surface area contributed by atoms with Gasteiger partial charge in [-0.1, -0.05) is 49.4 Å². The summed E-state index contributed by atoms with van der Waals surface area (Å²) in [6.45, 7) is 11.0. The van der Waals surface area contributed by atoms with Crippen molar-refractivity contribution < 1.29 is 14.0 Å². The maximum Gasteiger partial charge on any atom is 0.464 e. The van der Waals surface area contributed by atoms with Gasteiger partial charge in [0.05, 0.1) is 18.3 Å². The van der Waals surface area contributed by atoms with Gasteiger partial charge in [0, 0.05) is 5.31 Å². The van der Waals surface area contributed by atoms with Gasteiger partial charge in [-0.3, -0.25) is 0 Å². The maximum absolute atomic E-state index is 6.62. The Balaban J connectivity index is 1.51. The van der Waals surface area contributed by atoms with Crippen LogP contribution in [0, 0.1) is 5.92 Å². The fourth-order valence-corrected chi connectivity index (χ4v) is 5.19. The van der Waals surface area contributed by atoms with Crippen molar-refractivity contribution in [2.45, 2.75) is 82.7 Å². The van der Waals surface area contributed by atoms with Crippen LogP contribution in [-0.4, -0.2) is 25.4 Å². The predicted molar refractivity (Wildman–Crippen MR) is 128 cm³/mol. The molecule has 4 rings (SSSR count). The molecule has 1 heterocycles. The van der Waals surface area contributed by atoms with Crippen molar-refractivity contribution in [1.82, 2.24) is 0 Å². The summed E-state index contributed by atoms with van der Waals surface area (Å²) in [5.74, 6) is 2.00. The molecular weight excluding hydrogens is 383 g/mol. The molecule has 4 heteroatoms. The van der Waals surface area contributed by atoms with Crippen LogP contribution in [0.1, 0.15) is 70.9 Å². The summed E-state index contributed by atoms with van der Waals surface area (Å²) in [6, 6.07) is 19.4. The Labute approximate surface area is 188 Å². The predicted octanol–water partition coefficient (Wildman–Crippen LogP) is 6.67. The lowest BCUT2D eigenvalue weighted by Crippen LogP contribution is -2.48. The van der Waals surface area contributed by atoms with E-state index < -0.39 is 0 Å². The first-order chi connectivity index (χ1) is 14.7. The van der Waals surface area contributed by atoms with Gasteiger partial charge in [0.25, 0.3) is 0 Å². The molecule has 0 spiro atoms. The summed E-state index contributed by atoms with van der Waals surface area (Å²) in [5.41, 5.74) is 2.21. The van der Waals surface area contributed by atoms with Gasteiger partial charge in [0.15, 0.2) is 0 Å². The van der Waals surface area contributed by atoms with E-state index in [0.717, 1.165) is 31.4 Å². The van der Waals surface area contributed by atoms with Gasteiger partial charge < -0.3 is 14.0 Å². The molecule has 2 aromatic rings. The van der Waals surface area contributed by atoms with Gasteiger partial charge in [-0.25, -0.2) is 0 Å². The zero-order valence-electron chi connectivity index (χ0n) is 20.0. The maximum atomic E-state index is 6.62. The van der Waals surface area contributed by atoms with Crippen LogP contribution in [0.3, 0.4) is 0 Å². The van der Waals surface area contributed by atoms with Gasteiger partial charge in [-0.2, -0.15) is 0 Å². The molecular formula is C27H37BO3. The number of hydrogen-bond donors (Lipinski definition) is 0. The fourth-order valence-electron chi connectivity index (χ4n) is 5.19. The zero-order chi connectivity index (χ0) is 22.3. The third-order valence-electron chi connectivity index (χ3n) is 8.25. The van der Waals surface area contributed by atoms with E-state index >= 15 is 0 Å². The van der Waals surface area contributed by atoms with Gasteiger partial charge in [0.2, 0.25) is 0 Å². The molecule has 2 aromatic carbocycles. The molecule has 1 saturated heterocycles. The van der Waals surface area contributed by atoms with Crippen molar-refractivity contribution >= 4 is 7.12 Å². The second kappa shape index (κ2) is 8.29. The van der Waals surface area contributed by atoms with E-state index in [-0.39, 0.29) is 23.6 Å². The summed E-state index contributed by atoms with van der Waals surface area (Å²) in [7, 11) is 1.56. The van der Waals surface area contributed by atoms with Gasteiger partial charge in [-0.05, 0) is 88.5 Å². The van der Waals surface area contributed by atoms with Crippen molar-refractivity contribution in [3.8, 4) is 5.75 Å². The first-order valence-electron chi connectivity index (χ1n) is 11.7. The molecule has 1 aliphatic carbocycles. The number of methoxy groups -OCH3 is 1. The van der Waals surface area contributed by atoms with Crippen LogP contribution in [0.15, 0.2) is 54.6 Å². The lowest BCUT2D eigenvalue weighted by molar-refractivity contribution is 0.00578. The van der Waals surface area contributed by atoms with Crippen LogP contribution in [0.25, 0.3) is 0 Å². The summed E-state index contributed by atoms with van der Waals surface area (Å²) < 4.78 is 18.5. The van der Waals surface area contributed by atoms with Crippen molar-refractivity contribution in [3.05, 3.63) is 65.7 Å². The molecule has 1 saturated carbocycles. The van der Waals surface area contributed by atoms with Gasteiger partial charge in [-0.15, -0.1) is 0 Å². The summed E-state index contributed by atoms with van der Waals surface area (Å²) in [6.07, 6.45) is 4.43. The summed E-state index contributed by atoms with van der Waals surface area (Å²) in [4.78, 5) is 0. The van der Waals surface area contributed by atoms with E-state index in [1.807, 2.05) is 0 Å². The van der Waals surface area contributed by atoms with Crippen LogP contribution in [0.5, 0.6) is 5.75 Å².